The van der Waals surface area contributed by atoms with Gasteiger partial charge >= 0.3 is 0 Å². The molecule has 0 aliphatic carbocycles. The molecule has 26 heavy (non-hydrogen) atoms. The second-order valence-electron chi connectivity index (χ2n) is 6.65. The van der Waals surface area contributed by atoms with E-state index >= 15 is 0 Å². The molecule has 2 unspecified atom stereocenters. The predicted octanol–water partition coefficient (Wildman–Crippen LogP) is 3.86. The summed E-state index contributed by atoms with van der Waals surface area (Å²) in [6, 6.07) is 14.0. The Morgan fingerprint density at radius 1 is 1.31 bits per heavy atom. The van der Waals surface area contributed by atoms with Crippen LogP contribution in [-0.2, 0) is 11.4 Å². The lowest BCUT2D eigenvalue weighted by Gasteiger charge is -2.25. The van der Waals surface area contributed by atoms with Crippen molar-refractivity contribution in [1.29, 1.82) is 0 Å². The summed E-state index contributed by atoms with van der Waals surface area (Å²) in [5.41, 5.74) is 2.74. The van der Waals surface area contributed by atoms with Crippen molar-refractivity contribution in [2.24, 2.45) is 5.16 Å². The second-order valence-corrected chi connectivity index (χ2v) is 7.09. The Morgan fingerprint density at radius 2 is 2.08 bits per heavy atom. The van der Waals surface area contributed by atoms with Crippen molar-refractivity contribution in [3.8, 4) is 0 Å². The molecule has 0 saturated heterocycles. The van der Waals surface area contributed by atoms with Crippen LogP contribution in [0.4, 0.5) is 4.39 Å². The van der Waals surface area contributed by atoms with Gasteiger partial charge in [0, 0.05) is 31.1 Å². The third kappa shape index (κ3) is 5.27. The second kappa shape index (κ2) is 8.62. The average molecular weight is 377 g/mol. The van der Waals surface area contributed by atoms with Gasteiger partial charge in [0.15, 0.2) is 0 Å². The van der Waals surface area contributed by atoms with E-state index < -0.39 is 6.10 Å². The minimum atomic E-state index is -0.485. The molecule has 0 radical (unpaired) electrons. The van der Waals surface area contributed by atoms with E-state index in [4.69, 9.17) is 16.4 Å². The Morgan fingerprint density at radius 3 is 2.77 bits per heavy atom. The topological polar surface area (TPSA) is 45.1 Å². The Labute approximate surface area is 157 Å². The van der Waals surface area contributed by atoms with Crippen LogP contribution in [0.2, 0.25) is 5.02 Å². The number of hydrogen-bond acceptors (Lipinski definition) is 4. The van der Waals surface area contributed by atoms with E-state index in [0.717, 1.165) is 16.8 Å². The molecule has 3 rings (SSSR count). The maximum absolute atomic E-state index is 13.4. The molecule has 2 atom stereocenters. The Kier molecular flexibility index (Phi) is 6.25. The van der Waals surface area contributed by atoms with Crippen LogP contribution < -0.4 is 0 Å². The molecule has 0 aromatic heterocycles. The van der Waals surface area contributed by atoms with Crippen molar-refractivity contribution in [3.05, 3.63) is 70.5 Å². The number of aliphatic hydroxyl groups is 1. The summed E-state index contributed by atoms with van der Waals surface area (Å²) in [5.74, 6) is -0.259. The number of rotatable bonds is 7. The molecule has 138 valence electrons. The van der Waals surface area contributed by atoms with Crippen LogP contribution in [0.15, 0.2) is 53.7 Å². The van der Waals surface area contributed by atoms with Crippen molar-refractivity contribution < 1.29 is 14.3 Å². The molecule has 1 aliphatic rings. The highest BCUT2D eigenvalue weighted by atomic mass is 35.5. The van der Waals surface area contributed by atoms with Gasteiger partial charge in [-0.15, -0.1) is 0 Å². The normalized spacial score (nSPS) is 17.9. The summed E-state index contributed by atoms with van der Waals surface area (Å²) in [4.78, 5) is 7.64. The van der Waals surface area contributed by atoms with Crippen LogP contribution >= 0.6 is 11.6 Å². The van der Waals surface area contributed by atoms with Crippen molar-refractivity contribution in [1.82, 2.24) is 4.90 Å². The number of hydrogen-bond donors (Lipinski definition) is 1. The molecule has 0 fully saturated rings. The first kappa shape index (κ1) is 18.8. The Hall–Kier alpha value is -1.95. The molecule has 0 bridgehead atoms. The molecular formula is C20H22ClFN2O2. The van der Waals surface area contributed by atoms with Crippen LogP contribution in [0.5, 0.6) is 0 Å². The molecule has 1 N–H and O–H groups in total. The van der Waals surface area contributed by atoms with E-state index in [9.17, 15) is 9.50 Å². The SMILES string of the molecule is CC(O)CN(Cc1cccc(F)c1)CC1CC(c2ccc(Cl)cc2)=NO1. The Bertz CT molecular complexity index is 765. The van der Waals surface area contributed by atoms with Crippen LogP contribution in [0, 0.1) is 5.82 Å². The lowest BCUT2D eigenvalue weighted by Crippen LogP contribution is -2.37. The monoisotopic (exact) mass is 376 g/mol. The van der Waals surface area contributed by atoms with Gasteiger partial charge in [-0.25, -0.2) is 4.39 Å². The zero-order valence-corrected chi connectivity index (χ0v) is 15.4. The minimum Gasteiger partial charge on any atom is -0.392 e. The maximum atomic E-state index is 13.4. The minimum absolute atomic E-state index is 0.104. The average Bonchev–Trinajstić information content (AvgIpc) is 3.03. The number of benzene rings is 2. The molecule has 0 amide bonds. The van der Waals surface area contributed by atoms with E-state index in [0.29, 0.717) is 31.1 Å². The summed E-state index contributed by atoms with van der Waals surface area (Å²) in [6.45, 7) is 3.36. The molecule has 2 aromatic carbocycles. The lowest BCUT2D eigenvalue weighted by molar-refractivity contribution is 0.0351. The first-order chi connectivity index (χ1) is 12.5. The number of halogens is 2. The Balaban J connectivity index is 1.62. The quantitative estimate of drug-likeness (QED) is 0.798. The van der Waals surface area contributed by atoms with Gasteiger partial charge in [0.25, 0.3) is 0 Å². The summed E-state index contributed by atoms with van der Waals surface area (Å²) in [6.07, 6.45) is 0.0933. The summed E-state index contributed by atoms with van der Waals surface area (Å²) in [5, 5.41) is 14.7. The summed E-state index contributed by atoms with van der Waals surface area (Å²) < 4.78 is 13.4. The third-order valence-corrected chi connectivity index (χ3v) is 4.44. The number of nitrogens with zero attached hydrogens (tertiary/aromatic N) is 2. The van der Waals surface area contributed by atoms with E-state index in [2.05, 4.69) is 10.1 Å². The first-order valence-corrected chi connectivity index (χ1v) is 9.01. The molecule has 6 heteroatoms. The van der Waals surface area contributed by atoms with Crippen LogP contribution in [0.1, 0.15) is 24.5 Å². The highest BCUT2D eigenvalue weighted by Gasteiger charge is 2.25. The standard InChI is InChI=1S/C20H22ClFN2O2/c1-14(25)11-24(12-15-3-2-4-18(22)9-15)13-19-10-20(23-26-19)16-5-7-17(21)8-6-16/h2-9,14,19,25H,10-13H2,1H3. The zero-order chi connectivity index (χ0) is 18.5. The molecule has 0 spiro atoms. The molecular weight excluding hydrogens is 355 g/mol. The van der Waals surface area contributed by atoms with Crippen molar-refractivity contribution >= 4 is 17.3 Å². The zero-order valence-electron chi connectivity index (χ0n) is 14.6. The fourth-order valence-electron chi connectivity index (χ4n) is 3.10. The van der Waals surface area contributed by atoms with Gasteiger partial charge < -0.3 is 9.94 Å². The maximum Gasteiger partial charge on any atom is 0.145 e. The van der Waals surface area contributed by atoms with Crippen LogP contribution in [0.25, 0.3) is 0 Å². The van der Waals surface area contributed by atoms with Gasteiger partial charge in [-0.3, -0.25) is 4.90 Å². The van der Waals surface area contributed by atoms with E-state index in [1.54, 1.807) is 13.0 Å². The van der Waals surface area contributed by atoms with Crippen molar-refractivity contribution in [3.63, 3.8) is 0 Å². The molecule has 1 heterocycles. The highest BCUT2D eigenvalue weighted by Crippen LogP contribution is 2.20. The van der Waals surface area contributed by atoms with Gasteiger partial charge in [-0.1, -0.05) is 41.0 Å². The fraction of sp³-hybridized carbons (Fsp3) is 0.350. The highest BCUT2D eigenvalue weighted by molar-refractivity contribution is 6.30. The molecule has 2 aromatic rings. The third-order valence-electron chi connectivity index (χ3n) is 4.19. The smallest absolute Gasteiger partial charge is 0.145 e. The van der Waals surface area contributed by atoms with E-state index in [1.165, 1.54) is 12.1 Å². The number of aliphatic hydroxyl groups excluding tert-OH is 1. The van der Waals surface area contributed by atoms with Crippen molar-refractivity contribution in [2.45, 2.75) is 32.1 Å². The van der Waals surface area contributed by atoms with Gasteiger partial charge in [-0.2, -0.15) is 0 Å². The van der Waals surface area contributed by atoms with Gasteiger partial charge in [-0.05, 0) is 42.3 Å². The number of oxime groups is 1. The lowest BCUT2D eigenvalue weighted by atomic mass is 10.0. The van der Waals surface area contributed by atoms with Gasteiger partial charge in [0.2, 0.25) is 0 Å². The van der Waals surface area contributed by atoms with Crippen molar-refractivity contribution in [2.75, 3.05) is 13.1 Å². The summed E-state index contributed by atoms with van der Waals surface area (Å²) >= 11 is 5.92. The van der Waals surface area contributed by atoms with Gasteiger partial charge in [0.1, 0.15) is 11.9 Å². The van der Waals surface area contributed by atoms with E-state index in [-0.39, 0.29) is 11.9 Å². The molecule has 4 nitrogen and oxygen atoms in total. The molecule has 0 saturated carbocycles. The molecule has 1 aliphatic heterocycles. The van der Waals surface area contributed by atoms with Gasteiger partial charge in [0.05, 0.1) is 11.8 Å². The predicted molar refractivity (Wildman–Crippen MR) is 101 cm³/mol. The largest absolute Gasteiger partial charge is 0.392 e. The van der Waals surface area contributed by atoms with Crippen LogP contribution in [-0.4, -0.2) is 41.0 Å². The first-order valence-electron chi connectivity index (χ1n) is 8.63. The van der Waals surface area contributed by atoms with E-state index in [1.807, 2.05) is 30.3 Å². The fourth-order valence-corrected chi connectivity index (χ4v) is 3.22. The van der Waals surface area contributed by atoms with Crippen LogP contribution in [0.3, 0.4) is 0 Å². The summed E-state index contributed by atoms with van der Waals surface area (Å²) in [7, 11) is 0.